The monoisotopic (exact) mass is 550 g/mol. The van der Waals surface area contributed by atoms with Crippen molar-refractivity contribution in [2.45, 2.75) is 62.3 Å². The fourth-order valence-electron chi connectivity index (χ4n) is 7.32. The van der Waals surface area contributed by atoms with Crippen molar-refractivity contribution in [1.82, 2.24) is 0 Å². The number of halogens is 2. The van der Waals surface area contributed by atoms with E-state index >= 15 is 0 Å². The molecule has 8 atom stereocenters. The molecule has 0 bridgehead atoms. The predicted molar refractivity (Wildman–Crippen MR) is 115 cm³/mol. The summed E-state index contributed by atoms with van der Waals surface area (Å²) < 4.78 is 15.1. The average Bonchev–Trinajstić information content (AvgIpc) is 2.89. The van der Waals surface area contributed by atoms with Crippen molar-refractivity contribution >= 4 is 42.6 Å². The molecule has 4 rings (SSSR count). The molecular formula is C22H27Cl2Na2O7P. The summed E-state index contributed by atoms with van der Waals surface area (Å²) in [5, 5.41) is 11.1. The summed E-state index contributed by atoms with van der Waals surface area (Å²) in [4.78, 5) is 45.9. The van der Waals surface area contributed by atoms with Crippen LogP contribution in [0.5, 0.6) is 0 Å². The zero-order valence-corrected chi connectivity index (χ0v) is 26.6. The molecule has 4 aliphatic carbocycles. The van der Waals surface area contributed by atoms with Gasteiger partial charge in [-0.3, -0.25) is 9.59 Å². The summed E-state index contributed by atoms with van der Waals surface area (Å²) in [5.74, 6) is -1.75. The fourth-order valence-corrected chi connectivity index (χ4v) is 8.83. The van der Waals surface area contributed by atoms with Gasteiger partial charge in [0.15, 0.2) is 11.6 Å². The molecule has 0 unspecified atom stereocenters. The number of allylic oxidation sites excluding steroid dienone is 4. The smallest absolute Gasteiger partial charge is 0.790 e. The Morgan fingerprint density at radius 3 is 2.50 bits per heavy atom. The number of phosphoric ester groups is 1. The van der Waals surface area contributed by atoms with E-state index in [4.69, 9.17) is 23.2 Å². The van der Waals surface area contributed by atoms with E-state index in [9.17, 15) is 29.0 Å². The molecule has 178 valence electrons. The van der Waals surface area contributed by atoms with Gasteiger partial charge in [0, 0.05) is 10.8 Å². The van der Waals surface area contributed by atoms with Crippen molar-refractivity contribution in [3.05, 3.63) is 23.8 Å². The summed E-state index contributed by atoms with van der Waals surface area (Å²) in [6, 6.07) is 0. The van der Waals surface area contributed by atoms with Crippen molar-refractivity contribution in [2.75, 3.05) is 6.61 Å². The maximum absolute atomic E-state index is 13.1. The standard InChI is InChI=1S/C22H29Cl2O7P.2Na/c1-12-8-16-15-5-4-13-9-14(25)6-7-19(13,2)21(15,24)17(23)10-20(16,3)22(12,27)18(26)11-31-32(28,29)30;;/h6-7,9,12,15-17,27H,4-5,8,10-11H2,1-3H3,(H2,28,29,30);;/q;2*+1/p-2/t12-,15+,16+,17+,19+,20+,21+,22+;;/m1../s1. The van der Waals surface area contributed by atoms with Crippen LogP contribution in [0.1, 0.15) is 46.5 Å². The fraction of sp³-hybridized carbons (Fsp3) is 0.727. The third-order valence-electron chi connectivity index (χ3n) is 8.96. The number of hydrogen-bond acceptors (Lipinski definition) is 7. The molecule has 34 heavy (non-hydrogen) atoms. The number of carbonyl (C=O) groups excluding carboxylic acids is 2. The molecule has 3 fully saturated rings. The van der Waals surface area contributed by atoms with Crippen molar-refractivity contribution in [2.24, 2.45) is 28.6 Å². The van der Waals surface area contributed by atoms with Gasteiger partial charge in [-0.15, -0.1) is 23.2 Å². The Bertz CT molecular complexity index is 986. The van der Waals surface area contributed by atoms with Gasteiger partial charge < -0.3 is 24.0 Å². The average molecular weight is 551 g/mol. The first-order valence-corrected chi connectivity index (χ1v) is 13.1. The quantitative estimate of drug-likeness (QED) is 0.216. The van der Waals surface area contributed by atoms with Crippen LogP contribution in [0.3, 0.4) is 0 Å². The summed E-state index contributed by atoms with van der Waals surface area (Å²) in [5.41, 5.74) is -2.59. The maximum Gasteiger partial charge on any atom is 1.00 e. The van der Waals surface area contributed by atoms with Gasteiger partial charge in [0.2, 0.25) is 0 Å². The molecule has 3 saturated carbocycles. The van der Waals surface area contributed by atoms with Gasteiger partial charge in [0.05, 0.1) is 18.1 Å². The van der Waals surface area contributed by atoms with Gasteiger partial charge in [0.1, 0.15) is 12.2 Å². The maximum atomic E-state index is 13.1. The molecule has 0 heterocycles. The number of alkyl halides is 2. The van der Waals surface area contributed by atoms with E-state index in [1.54, 1.807) is 19.9 Å². The molecule has 12 heteroatoms. The Morgan fingerprint density at radius 1 is 1.29 bits per heavy atom. The second-order valence-corrected chi connectivity index (χ2v) is 12.6. The van der Waals surface area contributed by atoms with Crippen LogP contribution in [0.25, 0.3) is 0 Å². The van der Waals surface area contributed by atoms with Crippen LogP contribution in [-0.4, -0.2) is 39.1 Å². The SMILES string of the molecule is C[C@@H]1C[C@H]2[C@@H]3CCC4=CC(=O)C=C[C@]4(C)[C@@]3(Cl)[C@@H](Cl)C[C@]2(C)[C@@]1(O)C(=O)COP(=O)([O-])[O-].[Na+].[Na+]. The summed E-state index contributed by atoms with van der Waals surface area (Å²) in [6.07, 6.45) is 7.00. The van der Waals surface area contributed by atoms with Crippen LogP contribution in [0.2, 0.25) is 0 Å². The molecular weight excluding hydrogens is 524 g/mol. The topological polar surface area (TPSA) is 127 Å². The number of phosphoric acid groups is 1. The van der Waals surface area contributed by atoms with Crippen LogP contribution in [0, 0.1) is 28.6 Å². The number of carbonyl (C=O) groups is 2. The Morgan fingerprint density at radius 2 is 1.91 bits per heavy atom. The molecule has 0 aliphatic heterocycles. The zero-order valence-electron chi connectivity index (χ0n) is 20.2. The first-order valence-electron chi connectivity index (χ1n) is 10.8. The molecule has 7 nitrogen and oxygen atoms in total. The van der Waals surface area contributed by atoms with Crippen LogP contribution < -0.4 is 68.9 Å². The third kappa shape index (κ3) is 4.41. The predicted octanol–water partition coefficient (Wildman–Crippen LogP) is -3.73. The molecule has 0 aromatic heterocycles. The van der Waals surface area contributed by atoms with Gasteiger partial charge in [-0.1, -0.05) is 32.4 Å². The molecule has 0 spiro atoms. The van der Waals surface area contributed by atoms with E-state index in [0.717, 1.165) is 5.57 Å². The van der Waals surface area contributed by atoms with Crippen LogP contribution >= 0.6 is 31.0 Å². The Kier molecular flexibility index (Phi) is 9.52. The molecule has 0 radical (unpaired) electrons. The van der Waals surface area contributed by atoms with Crippen molar-refractivity contribution < 1.29 is 92.7 Å². The van der Waals surface area contributed by atoms with Crippen LogP contribution in [0.4, 0.5) is 0 Å². The van der Waals surface area contributed by atoms with Gasteiger partial charge in [0.25, 0.3) is 0 Å². The molecule has 0 aromatic rings. The summed E-state index contributed by atoms with van der Waals surface area (Å²) in [7, 11) is -5.37. The van der Waals surface area contributed by atoms with Gasteiger partial charge in [-0.05, 0) is 55.6 Å². The van der Waals surface area contributed by atoms with Gasteiger partial charge in [-0.25, -0.2) is 0 Å². The van der Waals surface area contributed by atoms with Gasteiger partial charge in [-0.2, -0.15) is 0 Å². The van der Waals surface area contributed by atoms with Crippen molar-refractivity contribution in [3.8, 4) is 0 Å². The Balaban J connectivity index is 0.00000204. The van der Waals surface area contributed by atoms with Crippen molar-refractivity contribution in [1.29, 1.82) is 0 Å². The Labute approximate surface area is 254 Å². The normalized spacial score (nSPS) is 45.2. The molecule has 0 saturated heterocycles. The van der Waals surface area contributed by atoms with E-state index in [1.165, 1.54) is 6.08 Å². The van der Waals surface area contributed by atoms with E-state index in [0.29, 0.717) is 19.3 Å². The summed E-state index contributed by atoms with van der Waals surface area (Å²) in [6.45, 7) is 4.52. The second kappa shape index (κ2) is 10.2. The number of Topliss-reactive ketones (excluding diaryl/α,β-unsaturated/α-hetero) is 1. The number of fused-ring (bicyclic) bond motifs is 5. The molecule has 0 amide bonds. The second-order valence-electron chi connectivity index (χ2n) is 10.3. The van der Waals surface area contributed by atoms with E-state index in [-0.39, 0.29) is 83.2 Å². The van der Waals surface area contributed by atoms with Crippen molar-refractivity contribution in [3.63, 3.8) is 0 Å². The zero-order chi connectivity index (χ0) is 23.9. The number of hydrogen-bond donors (Lipinski definition) is 1. The number of ketones is 2. The van der Waals surface area contributed by atoms with Gasteiger partial charge >= 0.3 is 59.1 Å². The first kappa shape index (κ1) is 31.7. The van der Waals surface area contributed by atoms with Crippen LogP contribution in [-0.2, 0) is 18.7 Å². The molecule has 4 aliphatic rings. The minimum Gasteiger partial charge on any atom is -0.790 e. The summed E-state index contributed by atoms with van der Waals surface area (Å²) >= 11 is 14.4. The minimum absolute atomic E-state index is 0. The molecule has 0 aromatic carbocycles. The van der Waals surface area contributed by atoms with Crippen LogP contribution in [0.15, 0.2) is 23.8 Å². The van der Waals surface area contributed by atoms with E-state index < -0.39 is 52.8 Å². The number of rotatable bonds is 4. The third-order valence-corrected chi connectivity index (χ3v) is 10.9. The minimum atomic E-state index is -5.37. The first-order chi connectivity index (χ1) is 14.6. The van der Waals surface area contributed by atoms with E-state index in [1.807, 2.05) is 13.0 Å². The van der Waals surface area contributed by atoms with E-state index in [2.05, 4.69) is 4.52 Å². The number of aliphatic hydroxyl groups is 1. The Hall–Kier alpha value is 1.47. The largest absolute Gasteiger partial charge is 1.00 e. The molecule has 1 N–H and O–H groups in total.